The number of ether oxygens (including phenoxy) is 1. The fourth-order valence-electron chi connectivity index (χ4n) is 2.40. The zero-order valence-corrected chi connectivity index (χ0v) is 16.1. The van der Waals surface area contributed by atoms with Crippen molar-refractivity contribution in [3.05, 3.63) is 71.3 Å². The molecule has 0 spiro atoms. The van der Waals surface area contributed by atoms with Crippen LogP contribution in [0.1, 0.15) is 29.5 Å². The van der Waals surface area contributed by atoms with E-state index in [0.717, 1.165) is 11.6 Å². The van der Waals surface area contributed by atoms with Gasteiger partial charge in [-0.3, -0.25) is 4.79 Å². The molecule has 2 N–H and O–H groups in total. The van der Waals surface area contributed by atoms with Gasteiger partial charge < -0.3 is 15.4 Å². The number of alkyl halides is 3. The molecular weight excluding hydrogens is 397 g/mol. The van der Waals surface area contributed by atoms with Crippen LogP contribution >= 0.6 is 0 Å². The summed E-state index contributed by atoms with van der Waals surface area (Å²) in [5.41, 5.74) is -0.0595. The Morgan fingerprint density at radius 1 is 0.933 bits per heavy atom. The lowest BCUT2D eigenvalue weighted by Gasteiger charge is -2.08. The summed E-state index contributed by atoms with van der Waals surface area (Å²) in [5, 5.41) is 5.10. The molecule has 0 aliphatic carbocycles. The van der Waals surface area contributed by atoms with E-state index in [1.165, 1.54) is 18.2 Å². The Bertz CT molecular complexity index is 903. The standard InChI is InChI=1S/C22H21F3N2O3/c23-22(24,25)19-12-6-4-10-18(19)11-5-7-13-20(28)26-14-15-27-21(29)30-16-17-8-2-1-3-9-17/h1-4,6,8-10,12H,7,13-16H2,(H,26,28)(H,27,29). The smallest absolute Gasteiger partial charge is 0.417 e. The van der Waals surface area contributed by atoms with Crippen LogP contribution in [0.15, 0.2) is 54.6 Å². The van der Waals surface area contributed by atoms with Gasteiger partial charge in [0.05, 0.1) is 5.56 Å². The summed E-state index contributed by atoms with van der Waals surface area (Å²) < 4.78 is 43.7. The summed E-state index contributed by atoms with van der Waals surface area (Å²) in [7, 11) is 0. The van der Waals surface area contributed by atoms with Crippen LogP contribution in [0.3, 0.4) is 0 Å². The largest absolute Gasteiger partial charge is 0.445 e. The first kappa shape index (κ1) is 22.8. The second-order valence-corrected chi connectivity index (χ2v) is 6.18. The van der Waals surface area contributed by atoms with Gasteiger partial charge in [0.15, 0.2) is 0 Å². The first-order valence-corrected chi connectivity index (χ1v) is 9.22. The Hall–Kier alpha value is -3.47. The minimum atomic E-state index is -4.47. The minimum Gasteiger partial charge on any atom is -0.445 e. The van der Waals surface area contributed by atoms with Crippen LogP contribution in [0.2, 0.25) is 0 Å². The Kier molecular flexibility index (Phi) is 8.75. The van der Waals surface area contributed by atoms with E-state index in [-0.39, 0.29) is 44.0 Å². The first-order chi connectivity index (χ1) is 14.4. The topological polar surface area (TPSA) is 67.4 Å². The molecule has 0 aliphatic rings. The molecule has 0 unspecified atom stereocenters. The second kappa shape index (κ2) is 11.5. The van der Waals surface area contributed by atoms with Crippen LogP contribution in [-0.4, -0.2) is 25.1 Å². The molecule has 2 amide bonds. The molecule has 0 atom stereocenters. The predicted octanol–water partition coefficient (Wildman–Crippen LogP) is 3.88. The van der Waals surface area contributed by atoms with Gasteiger partial charge in [-0.25, -0.2) is 4.79 Å². The molecule has 8 heteroatoms. The second-order valence-electron chi connectivity index (χ2n) is 6.18. The van der Waals surface area contributed by atoms with Crippen LogP contribution in [0.5, 0.6) is 0 Å². The number of carbonyl (C=O) groups excluding carboxylic acids is 2. The third-order valence-electron chi connectivity index (χ3n) is 3.86. The van der Waals surface area contributed by atoms with E-state index < -0.39 is 17.8 Å². The van der Waals surface area contributed by atoms with E-state index in [4.69, 9.17) is 4.74 Å². The maximum atomic E-state index is 12.9. The predicted molar refractivity (Wildman–Crippen MR) is 105 cm³/mol. The highest BCUT2D eigenvalue weighted by atomic mass is 19.4. The molecule has 2 aromatic rings. The molecule has 5 nitrogen and oxygen atoms in total. The fourth-order valence-corrected chi connectivity index (χ4v) is 2.40. The average molecular weight is 418 g/mol. The number of carbonyl (C=O) groups is 2. The van der Waals surface area contributed by atoms with Gasteiger partial charge in [-0.15, -0.1) is 0 Å². The van der Waals surface area contributed by atoms with Gasteiger partial charge in [0.1, 0.15) is 6.61 Å². The van der Waals surface area contributed by atoms with E-state index in [0.29, 0.717) is 0 Å². The van der Waals surface area contributed by atoms with Gasteiger partial charge in [0, 0.05) is 31.5 Å². The monoisotopic (exact) mass is 418 g/mol. The highest BCUT2D eigenvalue weighted by Gasteiger charge is 2.32. The first-order valence-electron chi connectivity index (χ1n) is 9.22. The van der Waals surface area contributed by atoms with Crippen LogP contribution in [0, 0.1) is 11.8 Å². The SMILES string of the molecule is O=C(CCC#Cc1ccccc1C(F)(F)F)NCCNC(=O)OCc1ccccc1. The van der Waals surface area contributed by atoms with E-state index in [1.54, 1.807) is 0 Å². The van der Waals surface area contributed by atoms with Crippen LogP contribution in [-0.2, 0) is 22.3 Å². The summed E-state index contributed by atoms with van der Waals surface area (Å²) in [4.78, 5) is 23.3. The number of alkyl carbamates (subject to hydrolysis) is 1. The molecule has 2 rings (SSSR count). The number of benzene rings is 2. The third-order valence-corrected chi connectivity index (χ3v) is 3.86. The molecule has 0 saturated heterocycles. The lowest BCUT2D eigenvalue weighted by molar-refractivity contribution is -0.137. The van der Waals surface area contributed by atoms with Gasteiger partial charge >= 0.3 is 12.3 Å². The Morgan fingerprint density at radius 3 is 2.33 bits per heavy atom. The number of halogens is 3. The molecule has 2 aromatic carbocycles. The van der Waals surface area contributed by atoms with Gasteiger partial charge in [0.25, 0.3) is 0 Å². The number of nitrogens with one attached hydrogen (secondary N) is 2. The summed E-state index contributed by atoms with van der Waals surface area (Å²) in [6.07, 6.45) is -4.91. The minimum absolute atomic E-state index is 0.0413. The molecule has 158 valence electrons. The van der Waals surface area contributed by atoms with E-state index in [9.17, 15) is 22.8 Å². The average Bonchev–Trinajstić information content (AvgIpc) is 2.73. The Morgan fingerprint density at radius 2 is 1.60 bits per heavy atom. The van der Waals surface area contributed by atoms with Crippen molar-refractivity contribution in [3.8, 4) is 11.8 Å². The molecule has 0 heterocycles. The van der Waals surface area contributed by atoms with Crippen molar-refractivity contribution < 1.29 is 27.5 Å². The van der Waals surface area contributed by atoms with Crippen molar-refractivity contribution in [1.29, 1.82) is 0 Å². The highest BCUT2D eigenvalue weighted by Crippen LogP contribution is 2.31. The zero-order chi connectivity index (χ0) is 21.8. The normalized spacial score (nSPS) is 10.5. The maximum absolute atomic E-state index is 12.9. The van der Waals surface area contributed by atoms with E-state index in [1.807, 2.05) is 30.3 Å². The molecule has 0 fully saturated rings. The lowest BCUT2D eigenvalue weighted by Crippen LogP contribution is -2.34. The summed E-state index contributed by atoms with van der Waals surface area (Å²) >= 11 is 0. The quantitative estimate of drug-likeness (QED) is 0.530. The van der Waals surface area contributed by atoms with Gasteiger partial charge in [-0.2, -0.15) is 13.2 Å². The van der Waals surface area contributed by atoms with Crippen molar-refractivity contribution in [2.45, 2.75) is 25.6 Å². The van der Waals surface area contributed by atoms with Crippen molar-refractivity contribution in [3.63, 3.8) is 0 Å². The van der Waals surface area contributed by atoms with Gasteiger partial charge in [-0.05, 0) is 17.7 Å². The molecule has 0 aromatic heterocycles. The third kappa shape index (κ3) is 8.27. The van der Waals surface area contributed by atoms with Crippen molar-refractivity contribution in [2.75, 3.05) is 13.1 Å². The molecule has 0 saturated carbocycles. The molecule has 30 heavy (non-hydrogen) atoms. The number of amides is 2. The van der Waals surface area contributed by atoms with Crippen molar-refractivity contribution in [1.82, 2.24) is 10.6 Å². The summed E-state index contributed by atoms with van der Waals surface area (Å²) in [6, 6.07) is 14.2. The lowest BCUT2D eigenvalue weighted by atomic mass is 10.1. The Labute approximate surface area is 172 Å². The number of hydrogen-bond acceptors (Lipinski definition) is 3. The van der Waals surface area contributed by atoms with Crippen LogP contribution in [0.4, 0.5) is 18.0 Å². The number of hydrogen-bond donors (Lipinski definition) is 2. The maximum Gasteiger partial charge on any atom is 0.417 e. The van der Waals surface area contributed by atoms with Crippen molar-refractivity contribution in [2.24, 2.45) is 0 Å². The van der Waals surface area contributed by atoms with Gasteiger partial charge in [-0.1, -0.05) is 54.3 Å². The van der Waals surface area contributed by atoms with Crippen LogP contribution < -0.4 is 10.6 Å². The molecule has 0 bridgehead atoms. The van der Waals surface area contributed by atoms with E-state index in [2.05, 4.69) is 22.5 Å². The number of rotatable bonds is 7. The summed E-state index contributed by atoms with van der Waals surface area (Å²) in [6.45, 7) is 0.531. The summed E-state index contributed by atoms with van der Waals surface area (Å²) in [5.74, 6) is 4.73. The fraction of sp³-hybridized carbons (Fsp3) is 0.273. The molecular formula is C22H21F3N2O3. The van der Waals surface area contributed by atoms with Gasteiger partial charge in [0.2, 0.25) is 5.91 Å². The molecule has 0 aliphatic heterocycles. The Balaban J connectivity index is 1.62. The van der Waals surface area contributed by atoms with Crippen molar-refractivity contribution >= 4 is 12.0 Å². The van der Waals surface area contributed by atoms with E-state index >= 15 is 0 Å². The van der Waals surface area contributed by atoms with Crippen LogP contribution in [0.25, 0.3) is 0 Å². The molecule has 0 radical (unpaired) electrons. The highest BCUT2D eigenvalue weighted by molar-refractivity contribution is 5.76. The zero-order valence-electron chi connectivity index (χ0n) is 16.1.